The lowest BCUT2D eigenvalue weighted by molar-refractivity contribution is 0.0697. The maximum absolute atomic E-state index is 11.8. The Labute approximate surface area is 183 Å². The summed E-state index contributed by atoms with van der Waals surface area (Å²) in [6.45, 7) is 2.05. The monoisotopic (exact) mass is 414 g/mol. The number of nitrogens with zero attached hydrogens (tertiary/aromatic N) is 2. The predicted octanol–water partition coefficient (Wildman–Crippen LogP) is 5.86. The van der Waals surface area contributed by atoms with Gasteiger partial charge in [-0.2, -0.15) is 0 Å². The zero-order valence-corrected chi connectivity index (χ0v) is 18.2. The minimum atomic E-state index is -0.846. The lowest BCUT2D eigenvalue weighted by atomic mass is 9.80. The van der Waals surface area contributed by atoms with E-state index in [0.29, 0.717) is 23.4 Å². The van der Waals surface area contributed by atoms with Gasteiger partial charge in [-0.05, 0) is 62.0 Å². The highest BCUT2D eigenvalue weighted by molar-refractivity contribution is 5.98. The first-order valence-corrected chi connectivity index (χ1v) is 11.8. The van der Waals surface area contributed by atoms with Gasteiger partial charge in [0.1, 0.15) is 0 Å². The molecule has 160 valence electrons. The molecule has 0 amide bonds. The topological polar surface area (TPSA) is 45.5 Å². The number of aromatic nitrogens is 1. The fourth-order valence-corrected chi connectivity index (χ4v) is 6.65. The second-order valence-electron chi connectivity index (χ2n) is 9.78. The number of aromatic carboxylic acids is 1. The van der Waals surface area contributed by atoms with Crippen LogP contribution < -0.4 is 0 Å². The van der Waals surface area contributed by atoms with Crippen molar-refractivity contribution in [3.05, 3.63) is 59.2 Å². The van der Waals surface area contributed by atoms with E-state index in [1.165, 1.54) is 66.3 Å². The number of carboxylic acid groups (broad SMARTS) is 1. The number of fused-ring (bicyclic) bond motifs is 7. The number of rotatable bonds is 2. The van der Waals surface area contributed by atoms with Crippen LogP contribution in [0.1, 0.15) is 71.8 Å². The summed E-state index contributed by atoms with van der Waals surface area (Å²) in [7, 11) is 2.24. The maximum atomic E-state index is 11.8. The van der Waals surface area contributed by atoms with Gasteiger partial charge in [-0.15, -0.1) is 0 Å². The van der Waals surface area contributed by atoms with Gasteiger partial charge in [0.2, 0.25) is 0 Å². The number of carboxylic acids is 1. The Morgan fingerprint density at radius 2 is 1.84 bits per heavy atom. The van der Waals surface area contributed by atoms with E-state index in [1.807, 2.05) is 6.07 Å². The van der Waals surface area contributed by atoms with Crippen LogP contribution >= 0.6 is 0 Å². The van der Waals surface area contributed by atoms with Crippen LogP contribution in [0.2, 0.25) is 0 Å². The molecule has 3 heterocycles. The average Bonchev–Trinajstić information content (AvgIpc) is 3.27. The molecule has 3 aromatic rings. The highest BCUT2D eigenvalue weighted by atomic mass is 16.4. The van der Waals surface area contributed by atoms with Gasteiger partial charge in [0.25, 0.3) is 0 Å². The van der Waals surface area contributed by atoms with Crippen LogP contribution in [0, 0.1) is 0 Å². The number of hydrogen-bond acceptors (Lipinski definition) is 2. The van der Waals surface area contributed by atoms with Crippen LogP contribution in [0.15, 0.2) is 42.5 Å². The molecule has 2 atom stereocenters. The quantitative estimate of drug-likeness (QED) is 0.572. The zero-order chi connectivity index (χ0) is 21.1. The van der Waals surface area contributed by atoms with Gasteiger partial charge in [0, 0.05) is 35.0 Å². The third-order valence-corrected chi connectivity index (χ3v) is 8.17. The van der Waals surface area contributed by atoms with E-state index < -0.39 is 5.97 Å². The van der Waals surface area contributed by atoms with Gasteiger partial charge in [-0.25, -0.2) is 4.79 Å². The molecule has 1 aromatic heterocycles. The first-order valence-electron chi connectivity index (χ1n) is 11.8. The molecule has 2 fully saturated rings. The fraction of sp³-hybridized carbons (Fsp3) is 0.444. The van der Waals surface area contributed by atoms with Crippen LogP contribution in [0.3, 0.4) is 0 Å². The Morgan fingerprint density at radius 1 is 1.03 bits per heavy atom. The van der Waals surface area contributed by atoms with Crippen molar-refractivity contribution in [1.29, 1.82) is 0 Å². The van der Waals surface area contributed by atoms with Crippen molar-refractivity contribution >= 4 is 16.9 Å². The highest BCUT2D eigenvalue weighted by Gasteiger charge is 2.39. The normalized spacial score (nSPS) is 23.9. The number of benzene rings is 2. The summed E-state index contributed by atoms with van der Waals surface area (Å²) in [5.74, 6) is 0.256. The number of hydrogen-bond donors (Lipinski definition) is 1. The number of likely N-dealkylation sites (N-methyl/N-ethyl adjacent to an activating group) is 1. The molecular formula is C27H30N2O2. The first-order chi connectivity index (χ1) is 15.1. The Morgan fingerprint density at radius 3 is 2.65 bits per heavy atom. The zero-order valence-electron chi connectivity index (χ0n) is 18.2. The Bertz CT molecular complexity index is 1170. The third-order valence-electron chi connectivity index (χ3n) is 8.17. The average molecular weight is 415 g/mol. The second kappa shape index (κ2) is 7.23. The van der Waals surface area contributed by atoms with E-state index in [-0.39, 0.29) is 0 Å². The molecule has 6 rings (SSSR count). The van der Waals surface area contributed by atoms with Gasteiger partial charge in [-0.3, -0.25) is 0 Å². The standard InChI is InChI=1S/C27H30N2O2/c1-28-14-13-20-19-9-5-6-10-21(19)26-25(17-7-3-2-4-8-17)22-12-11-18(27(30)31)15-23(22)29(26)16-24(20)28/h5-6,9-12,15,17,20,24H,2-4,7-8,13-14,16H2,1H3,(H,30,31)/t20-,24+/m0/s1. The first kappa shape index (κ1) is 19.1. The molecule has 0 radical (unpaired) electrons. The lowest BCUT2D eigenvalue weighted by Gasteiger charge is -2.24. The molecule has 1 saturated heterocycles. The largest absolute Gasteiger partial charge is 0.478 e. The van der Waals surface area contributed by atoms with Crippen molar-refractivity contribution in [3.8, 4) is 11.3 Å². The fourth-order valence-electron chi connectivity index (χ4n) is 6.65. The van der Waals surface area contributed by atoms with Gasteiger partial charge in [0.15, 0.2) is 0 Å². The molecule has 1 saturated carbocycles. The summed E-state index contributed by atoms with van der Waals surface area (Å²) in [5, 5.41) is 11.0. The van der Waals surface area contributed by atoms with Crippen molar-refractivity contribution in [3.63, 3.8) is 0 Å². The molecule has 0 unspecified atom stereocenters. The Hall–Kier alpha value is -2.59. The van der Waals surface area contributed by atoms with E-state index >= 15 is 0 Å². The van der Waals surface area contributed by atoms with Gasteiger partial charge in [0.05, 0.1) is 11.3 Å². The van der Waals surface area contributed by atoms with Crippen molar-refractivity contribution in [2.45, 2.75) is 62.9 Å². The van der Waals surface area contributed by atoms with E-state index in [9.17, 15) is 9.90 Å². The highest BCUT2D eigenvalue weighted by Crippen LogP contribution is 2.49. The minimum Gasteiger partial charge on any atom is -0.478 e. The van der Waals surface area contributed by atoms with Crippen molar-refractivity contribution in [2.75, 3.05) is 13.6 Å². The molecule has 2 aliphatic heterocycles. The smallest absolute Gasteiger partial charge is 0.335 e. The van der Waals surface area contributed by atoms with Gasteiger partial charge >= 0.3 is 5.97 Å². The van der Waals surface area contributed by atoms with E-state index in [1.54, 1.807) is 6.07 Å². The summed E-state index contributed by atoms with van der Waals surface area (Å²) in [6, 6.07) is 15.3. The summed E-state index contributed by atoms with van der Waals surface area (Å²) in [4.78, 5) is 14.3. The van der Waals surface area contributed by atoms with Crippen LogP contribution in [0.4, 0.5) is 0 Å². The summed E-state index contributed by atoms with van der Waals surface area (Å²) in [5.41, 5.74) is 7.18. The third kappa shape index (κ3) is 2.88. The van der Waals surface area contributed by atoms with E-state index in [0.717, 1.165) is 18.6 Å². The molecular weight excluding hydrogens is 384 g/mol. The van der Waals surface area contributed by atoms with E-state index in [2.05, 4.69) is 46.8 Å². The van der Waals surface area contributed by atoms with Crippen molar-refractivity contribution in [2.24, 2.45) is 0 Å². The van der Waals surface area contributed by atoms with Crippen molar-refractivity contribution < 1.29 is 9.90 Å². The van der Waals surface area contributed by atoms with Gasteiger partial charge in [-0.1, -0.05) is 49.6 Å². The van der Waals surface area contributed by atoms with Crippen LogP contribution in [-0.2, 0) is 6.54 Å². The maximum Gasteiger partial charge on any atom is 0.335 e. The molecule has 2 aromatic carbocycles. The molecule has 1 aliphatic carbocycles. The summed E-state index contributed by atoms with van der Waals surface area (Å²) < 4.78 is 2.48. The molecule has 3 aliphatic rings. The summed E-state index contributed by atoms with van der Waals surface area (Å²) >= 11 is 0. The Kier molecular flexibility index (Phi) is 4.46. The van der Waals surface area contributed by atoms with E-state index in [4.69, 9.17) is 0 Å². The number of likely N-dealkylation sites (tertiary alicyclic amines) is 1. The SMILES string of the molecule is CN1CC[C@H]2c3ccccc3-c3c(C4CCCCC4)c4ccc(C(=O)O)cc4n3C[C@H]21. The van der Waals surface area contributed by atoms with Gasteiger partial charge < -0.3 is 14.6 Å². The summed E-state index contributed by atoms with van der Waals surface area (Å²) in [6.07, 6.45) is 7.59. The second-order valence-corrected chi connectivity index (χ2v) is 9.78. The molecule has 0 spiro atoms. The van der Waals surface area contributed by atoms with Crippen LogP contribution in [0.5, 0.6) is 0 Å². The lowest BCUT2D eigenvalue weighted by Crippen LogP contribution is -2.32. The predicted molar refractivity (Wildman–Crippen MR) is 124 cm³/mol. The molecule has 4 heteroatoms. The molecule has 31 heavy (non-hydrogen) atoms. The molecule has 1 N–H and O–H groups in total. The van der Waals surface area contributed by atoms with Crippen LogP contribution in [0.25, 0.3) is 22.2 Å². The number of carbonyl (C=O) groups is 1. The molecule has 4 nitrogen and oxygen atoms in total. The van der Waals surface area contributed by atoms with Crippen LogP contribution in [-0.4, -0.2) is 40.2 Å². The van der Waals surface area contributed by atoms with Crippen molar-refractivity contribution in [1.82, 2.24) is 9.47 Å². The minimum absolute atomic E-state index is 0.386. The Balaban J connectivity index is 1.68. The molecule has 0 bridgehead atoms.